The van der Waals surface area contributed by atoms with Crippen LogP contribution in [0.4, 0.5) is 10.1 Å². The molecular formula is C19H29FN4O. The van der Waals surface area contributed by atoms with Crippen molar-refractivity contribution in [3.63, 3.8) is 0 Å². The van der Waals surface area contributed by atoms with Crippen LogP contribution < -0.4 is 10.6 Å². The lowest BCUT2D eigenvalue weighted by Crippen LogP contribution is -2.42. The zero-order valence-corrected chi connectivity index (χ0v) is 15.0. The highest BCUT2D eigenvalue weighted by Gasteiger charge is 2.20. The van der Waals surface area contributed by atoms with Gasteiger partial charge in [-0.1, -0.05) is 13.0 Å². The minimum atomic E-state index is -0.256. The fourth-order valence-corrected chi connectivity index (χ4v) is 3.52. The van der Waals surface area contributed by atoms with Crippen molar-refractivity contribution in [1.82, 2.24) is 4.90 Å². The van der Waals surface area contributed by atoms with E-state index in [1.54, 1.807) is 6.07 Å². The van der Waals surface area contributed by atoms with Crippen LogP contribution in [0.1, 0.15) is 38.2 Å². The van der Waals surface area contributed by atoms with Gasteiger partial charge >= 0.3 is 0 Å². The van der Waals surface area contributed by atoms with Crippen molar-refractivity contribution in [1.29, 1.82) is 0 Å². The van der Waals surface area contributed by atoms with E-state index in [9.17, 15) is 9.50 Å². The fourth-order valence-electron chi connectivity index (χ4n) is 3.52. The van der Waals surface area contributed by atoms with Crippen LogP contribution in [-0.4, -0.2) is 48.2 Å². The molecule has 5 nitrogen and oxygen atoms in total. The molecule has 138 valence electrons. The summed E-state index contributed by atoms with van der Waals surface area (Å²) in [6.07, 6.45) is 3.41. The van der Waals surface area contributed by atoms with E-state index < -0.39 is 0 Å². The fraction of sp³-hybridized carbons (Fsp3) is 0.632. The summed E-state index contributed by atoms with van der Waals surface area (Å²) in [5.74, 6) is 1.08. The zero-order valence-electron chi connectivity index (χ0n) is 15.0. The Balaban J connectivity index is 1.60. The molecule has 6 heteroatoms. The SMILES string of the molecule is CC1CCN(C(N)=NCc2ccc(N3CCC(O)CC3)c(F)c2)CC1. The van der Waals surface area contributed by atoms with Crippen molar-refractivity contribution in [3.8, 4) is 0 Å². The summed E-state index contributed by atoms with van der Waals surface area (Å²) in [6.45, 7) is 5.94. The van der Waals surface area contributed by atoms with Crippen LogP contribution in [0.15, 0.2) is 23.2 Å². The summed E-state index contributed by atoms with van der Waals surface area (Å²) < 4.78 is 14.5. The van der Waals surface area contributed by atoms with Gasteiger partial charge in [0, 0.05) is 26.2 Å². The summed E-state index contributed by atoms with van der Waals surface area (Å²) in [7, 11) is 0. The molecule has 2 aliphatic rings. The number of aliphatic imine (C=N–C) groups is 1. The number of nitrogens with two attached hydrogens (primary N) is 1. The van der Waals surface area contributed by atoms with Gasteiger partial charge in [0.1, 0.15) is 5.82 Å². The van der Waals surface area contributed by atoms with Crippen molar-refractivity contribution < 1.29 is 9.50 Å². The van der Waals surface area contributed by atoms with Gasteiger partial charge in [-0.05, 0) is 49.3 Å². The molecule has 2 fully saturated rings. The number of halogens is 1. The van der Waals surface area contributed by atoms with E-state index in [2.05, 4.69) is 16.8 Å². The van der Waals surface area contributed by atoms with E-state index in [1.165, 1.54) is 0 Å². The van der Waals surface area contributed by atoms with Gasteiger partial charge in [-0.2, -0.15) is 0 Å². The molecule has 1 aromatic carbocycles. The Morgan fingerprint density at radius 3 is 2.52 bits per heavy atom. The quantitative estimate of drug-likeness (QED) is 0.650. The highest BCUT2D eigenvalue weighted by molar-refractivity contribution is 5.78. The zero-order chi connectivity index (χ0) is 17.8. The lowest BCUT2D eigenvalue weighted by atomic mass is 10.00. The Kier molecular flexibility index (Phi) is 5.78. The normalized spacial score (nSPS) is 21.0. The van der Waals surface area contributed by atoms with Crippen molar-refractivity contribution in [2.45, 2.75) is 45.3 Å². The van der Waals surface area contributed by atoms with E-state index in [0.29, 0.717) is 44.1 Å². The lowest BCUT2D eigenvalue weighted by Gasteiger charge is -2.31. The second-order valence-corrected chi connectivity index (χ2v) is 7.35. The Bertz CT molecular complexity index is 605. The molecule has 0 radical (unpaired) electrons. The van der Waals surface area contributed by atoms with Gasteiger partial charge in [-0.3, -0.25) is 0 Å². The number of benzene rings is 1. The van der Waals surface area contributed by atoms with Crippen LogP contribution in [0, 0.1) is 11.7 Å². The van der Waals surface area contributed by atoms with Gasteiger partial charge in [0.25, 0.3) is 0 Å². The van der Waals surface area contributed by atoms with Crippen molar-refractivity contribution in [3.05, 3.63) is 29.6 Å². The summed E-state index contributed by atoms with van der Waals surface area (Å²) >= 11 is 0. The second-order valence-electron chi connectivity index (χ2n) is 7.35. The number of piperidine rings is 2. The molecule has 2 saturated heterocycles. The third-order valence-corrected chi connectivity index (χ3v) is 5.35. The number of hydrogen-bond acceptors (Lipinski definition) is 3. The van der Waals surface area contributed by atoms with Gasteiger partial charge in [0.05, 0.1) is 18.3 Å². The number of aliphatic hydroxyl groups is 1. The van der Waals surface area contributed by atoms with Crippen molar-refractivity contribution >= 4 is 11.6 Å². The van der Waals surface area contributed by atoms with E-state index in [0.717, 1.165) is 37.4 Å². The minimum absolute atomic E-state index is 0.227. The Morgan fingerprint density at radius 1 is 1.20 bits per heavy atom. The van der Waals surface area contributed by atoms with Crippen LogP contribution >= 0.6 is 0 Å². The molecular weight excluding hydrogens is 319 g/mol. The first-order valence-electron chi connectivity index (χ1n) is 9.29. The third-order valence-electron chi connectivity index (χ3n) is 5.35. The Hall–Kier alpha value is -1.82. The van der Waals surface area contributed by atoms with Crippen molar-refractivity contribution in [2.24, 2.45) is 16.6 Å². The molecule has 1 aromatic rings. The highest BCUT2D eigenvalue weighted by atomic mass is 19.1. The number of anilines is 1. The first-order valence-corrected chi connectivity index (χ1v) is 9.29. The highest BCUT2D eigenvalue weighted by Crippen LogP contribution is 2.24. The first kappa shape index (κ1) is 18.0. The molecule has 2 aliphatic heterocycles. The monoisotopic (exact) mass is 348 g/mol. The maximum Gasteiger partial charge on any atom is 0.191 e. The molecule has 3 rings (SSSR count). The molecule has 25 heavy (non-hydrogen) atoms. The van der Waals surface area contributed by atoms with Gasteiger partial charge in [0.15, 0.2) is 5.96 Å². The van der Waals surface area contributed by atoms with E-state index >= 15 is 0 Å². The lowest BCUT2D eigenvalue weighted by molar-refractivity contribution is 0.145. The topological polar surface area (TPSA) is 65.1 Å². The number of likely N-dealkylation sites (tertiary alicyclic amines) is 1. The molecule has 0 aromatic heterocycles. The summed E-state index contributed by atoms with van der Waals surface area (Å²) in [6, 6.07) is 5.28. The third kappa shape index (κ3) is 4.63. The molecule has 0 spiro atoms. The molecule has 0 bridgehead atoms. The van der Waals surface area contributed by atoms with Crippen LogP contribution in [0.3, 0.4) is 0 Å². The van der Waals surface area contributed by atoms with Crippen molar-refractivity contribution in [2.75, 3.05) is 31.1 Å². The molecule has 0 unspecified atom stereocenters. The minimum Gasteiger partial charge on any atom is -0.393 e. The molecule has 0 amide bonds. The predicted molar refractivity (Wildman–Crippen MR) is 99.2 cm³/mol. The second kappa shape index (κ2) is 8.04. The largest absolute Gasteiger partial charge is 0.393 e. The number of hydrogen-bond donors (Lipinski definition) is 2. The van der Waals surface area contributed by atoms with Gasteiger partial charge in [-0.15, -0.1) is 0 Å². The summed E-state index contributed by atoms with van der Waals surface area (Å²) in [5.41, 5.74) is 7.52. The number of guanidine groups is 1. The smallest absolute Gasteiger partial charge is 0.191 e. The molecule has 0 saturated carbocycles. The number of aliphatic hydroxyl groups excluding tert-OH is 1. The predicted octanol–water partition coefficient (Wildman–Crippen LogP) is 2.33. The summed E-state index contributed by atoms with van der Waals surface area (Å²) in [4.78, 5) is 8.56. The molecule has 0 atom stereocenters. The number of rotatable bonds is 3. The van der Waals surface area contributed by atoms with Crippen LogP contribution in [0.25, 0.3) is 0 Å². The molecule has 0 aliphatic carbocycles. The Labute approximate surface area is 149 Å². The van der Waals surface area contributed by atoms with Crippen LogP contribution in [0.2, 0.25) is 0 Å². The average Bonchev–Trinajstić information content (AvgIpc) is 2.61. The summed E-state index contributed by atoms with van der Waals surface area (Å²) in [5, 5.41) is 9.58. The standard InChI is InChI=1S/C19H29FN4O/c1-14-4-8-24(9-5-14)19(21)22-13-15-2-3-18(17(20)12-15)23-10-6-16(25)7-11-23/h2-3,12,14,16,25H,4-11,13H2,1H3,(H2,21,22). The molecule has 3 N–H and O–H groups in total. The Morgan fingerprint density at radius 2 is 1.88 bits per heavy atom. The maximum absolute atomic E-state index is 14.5. The van der Waals surface area contributed by atoms with E-state index in [1.807, 2.05) is 17.0 Å². The van der Waals surface area contributed by atoms with Gasteiger partial charge < -0.3 is 20.6 Å². The van der Waals surface area contributed by atoms with Crippen LogP contribution in [0.5, 0.6) is 0 Å². The van der Waals surface area contributed by atoms with E-state index in [-0.39, 0.29) is 11.9 Å². The first-order chi connectivity index (χ1) is 12.0. The van der Waals surface area contributed by atoms with E-state index in [4.69, 9.17) is 5.73 Å². The maximum atomic E-state index is 14.5. The van der Waals surface area contributed by atoms with Gasteiger partial charge in [0.2, 0.25) is 0 Å². The molecule has 2 heterocycles. The average molecular weight is 348 g/mol. The van der Waals surface area contributed by atoms with Crippen LogP contribution in [-0.2, 0) is 6.54 Å². The number of nitrogens with zero attached hydrogens (tertiary/aromatic N) is 3. The van der Waals surface area contributed by atoms with Gasteiger partial charge in [-0.25, -0.2) is 9.38 Å².